The summed E-state index contributed by atoms with van der Waals surface area (Å²) < 4.78 is 5.52. The fourth-order valence-corrected chi connectivity index (χ4v) is 2.68. The van der Waals surface area contributed by atoms with Crippen molar-refractivity contribution in [1.29, 1.82) is 0 Å². The summed E-state index contributed by atoms with van der Waals surface area (Å²) in [6.07, 6.45) is 3.81. The molecule has 0 unspecified atom stereocenters. The molecule has 144 valence electrons. The van der Waals surface area contributed by atoms with Crippen LogP contribution in [0.5, 0.6) is 5.75 Å². The summed E-state index contributed by atoms with van der Waals surface area (Å²) >= 11 is 5.88. The lowest BCUT2D eigenvalue weighted by Gasteiger charge is -2.11. The summed E-state index contributed by atoms with van der Waals surface area (Å²) in [7, 11) is 0. The molecule has 0 aliphatic rings. The van der Waals surface area contributed by atoms with Gasteiger partial charge >= 0.3 is 0 Å². The molecule has 7 heteroatoms. The Morgan fingerprint density at radius 3 is 2.50 bits per heavy atom. The van der Waals surface area contributed by atoms with E-state index in [0.29, 0.717) is 36.1 Å². The maximum Gasteiger partial charge on any atom is 0.258 e. The van der Waals surface area contributed by atoms with E-state index in [1.54, 1.807) is 6.07 Å². The highest BCUT2D eigenvalue weighted by Gasteiger charge is 2.10. The fraction of sp³-hybridized carbons (Fsp3) is 0.190. The zero-order chi connectivity index (χ0) is 19.8. The molecule has 3 rings (SSSR count). The molecule has 0 aliphatic carbocycles. The number of carbonyl (C=O) groups excluding carboxylic acids is 1. The van der Waals surface area contributed by atoms with Crippen LogP contribution in [0, 0.1) is 0 Å². The molecule has 3 aromatic rings. The minimum Gasteiger partial charge on any atom is -0.492 e. The molecule has 1 amide bonds. The number of para-hydroxylation sites is 2. The maximum atomic E-state index is 12.4. The Morgan fingerprint density at radius 1 is 1.07 bits per heavy atom. The van der Waals surface area contributed by atoms with Gasteiger partial charge in [0.15, 0.2) is 0 Å². The second-order valence-corrected chi connectivity index (χ2v) is 6.42. The van der Waals surface area contributed by atoms with Crippen LogP contribution in [0.25, 0.3) is 0 Å². The molecule has 0 aliphatic heterocycles. The summed E-state index contributed by atoms with van der Waals surface area (Å²) in [6.45, 7) is 3.09. The summed E-state index contributed by atoms with van der Waals surface area (Å²) in [5.74, 6) is 0.805. The van der Waals surface area contributed by atoms with Crippen molar-refractivity contribution in [2.75, 3.05) is 23.8 Å². The number of benzene rings is 2. The first-order valence-electron chi connectivity index (χ1n) is 8.99. The Morgan fingerprint density at radius 2 is 1.79 bits per heavy atom. The first-order chi connectivity index (χ1) is 13.7. The van der Waals surface area contributed by atoms with Crippen molar-refractivity contribution in [3.05, 3.63) is 77.1 Å². The van der Waals surface area contributed by atoms with Gasteiger partial charge in [-0.2, -0.15) is 0 Å². The molecule has 0 saturated heterocycles. The fourth-order valence-electron chi connectivity index (χ4n) is 2.55. The van der Waals surface area contributed by atoms with Crippen LogP contribution in [-0.4, -0.2) is 29.0 Å². The van der Waals surface area contributed by atoms with E-state index in [1.165, 1.54) is 18.0 Å². The molecular formula is C21H21ClN4O2. The SMILES string of the molecule is CCOc1ccccc1NC(=O)c1cnc(NCCc2ccc(Cl)cc2)nc1. The highest BCUT2D eigenvalue weighted by Crippen LogP contribution is 2.24. The third-order valence-electron chi connectivity index (χ3n) is 3.96. The molecule has 28 heavy (non-hydrogen) atoms. The number of aromatic nitrogens is 2. The van der Waals surface area contributed by atoms with Gasteiger partial charge in [0.05, 0.1) is 17.9 Å². The van der Waals surface area contributed by atoms with Crippen molar-refractivity contribution in [1.82, 2.24) is 9.97 Å². The molecule has 0 spiro atoms. The van der Waals surface area contributed by atoms with E-state index in [9.17, 15) is 4.79 Å². The number of carbonyl (C=O) groups is 1. The Bertz CT molecular complexity index is 914. The molecule has 0 radical (unpaired) electrons. The van der Waals surface area contributed by atoms with Gasteiger partial charge in [-0.1, -0.05) is 35.9 Å². The summed E-state index contributed by atoms with van der Waals surface area (Å²) in [6, 6.07) is 15.0. The highest BCUT2D eigenvalue weighted by atomic mass is 35.5. The number of hydrogen-bond acceptors (Lipinski definition) is 5. The van der Waals surface area contributed by atoms with Gasteiger partial charge < -0.3 is 15.4 Å². The van der Waals surface area contributed by atoms with Gasteiger partial charge in [0.25, 0.3) is 5.91 Å². The Balaban J connectivity index is 1.55. The summed E-state index contributed by atoms with van der Waals surface area (Å²) in [4.78, 5) is 20.9. The number of hydrogen-bond donors (Lipinski definition) is 2. The van der Waals surface area contributed by atoms with E-state index in [0.717, 1.165) is 11.4 Å². The number of nitrogens with zero attached hydrogens (tertiary/aromatic N) is 2. The standard InChI is InChI=1S/C21H21ClN4O2/c1-2-28-19-6-4-3-5-18(19)26-20(27)16-13-24-21(25-14-16)23-12-11-15-7-9-17(22)10-8-15/h3-10,13-14H,2,11-12H2,1H3,(H,26,27)(H,23,24,25). The van der Waals surface area contributed by atoms with Gasteiger partial charge in [-0.25, -0.2) is 9.97 Å². The van der Waals surface area contributed by atoms with Gasteiger partial charge in [0.2, 0.25) is 5.95 Å². The largest absolute Gasteiger partial charge is 0.492 e. The molecule has 6 nitrogen and oxygen atoms in total. The Hall–Kier alpha value is -3.12. The van der Waals surface area contributed by atoms with E-state index < -0.39 is 0 Å². The number of amides is 1. The normalized spacial score (nSPS) is 10.4. The van der Waals surface area contributed by atoms with E-state index in [-0.39, 0.29) is 5.91 Å². The number of nitrogens with one attached hydrogen (secondary N) is 2. The third-order valence-corrected chi connectivity index (χ3v) is 4.21. The summed E-state index contributed by atoms with van der Waals surface area (Å²) in [5.41, 5.74) is 2.15. The summed E-state index contributed by atoms with van der Waals surface area (Å²) in [5, 5.41) is 6.69. The molecule has 0 atom stereocenters. The molecule has 1 aromatic heterocycles. The van der Waals surface area contributed by atoms with Crippen molar-refractivity contribution in [2.24, 2.45) is 0 Å². The maximum absolute atomic E-state index is 12.4. The van der Waals surface area contributed by atoms with Crippen molar-refractivity contribution in [3.8, 4) is 5.75 Å². The Kier molecular flexibility index (Phi) is 6.81. The molecule has 2 aromatic carbocycles. The first-order valence-corrected chi connectivity index (χ1v) is 9.37. The molecular weight excluding hydrogens is 376 g/mol. The number of anilines is 2. The smallest absolute Gasteiger partial charge is 0.258 e. The predicted octanol–water partition coefficient (Wildman–Crippen LogP) is 4.44. The molecule has 0 bridgehead atoms. The average Bonchev–Trinajstić information content (AvgIpc) is 2.71. The van der Waals surface area contributed by atoms with Crippen LogP contribution in [0.3, 0.4) is 0 Å². The van der Waals surface area contributed by atoms with Gasteiger partial charge in [-0.15, -0.1) is 0 Å². The minimum atomic E-state index is -0.292. The lowest BCUT2D eigenvalue weighted by molar-refractivity contribution is 0.102. The lowest BCUT2D eigenvalue weighted by atomic mass is 10.1. The minimum absolute atomic E-state index is 0.292. The van der Waals surface area contributed by atoms with Crippen LogP contribution in [-0.2, 0) is 6.42 Å². The number of halogens is 1. The van der Waals surface area contributed by atoms with Crippen LogP contribution in [0.1, 0.15) is 22.8 Å². The van der Waals surface area contributed by atoms with Gasteiger partial charge in [0.1, 0.15) is 5.75 Å². The molecule has 1 heterocycles. The third kappa shape index (κ3) is 5.44. The molecule has 0 fully saturated rings. The van der Waals surface area contributed by atoms with Crippen molar-refractivity contribution in [3.63, 3.8) is 0 Å². The van der Waals surface area contributed by atoms with E-state index >= 15 is 0 Å². The van der Waals surface area contributed by atoms with Crippen molar-refractivity contribution in [2.45, 2.75) is 13.3 Å². The quantitative estimate of drug-likeness (QED) is 0.588. The average molecular weight is 397 g/mol. The van der Waals surface area contributed by atoms with Gasteiger partial charge in [-0.05, 0) is 43.2 Å². The van der Waals surface area contributed by atoms with Crippen molar-refractivity contribution < 1.29 is 9.53 Å². The zero-order valence-corrected chi connectivity index (χ0v) is 16.2. The monoisotopic (exact) mass is 396 g/mol. The lowest BCUT2D eigenvalue weighted by Crippen LogP contribution is -2.14. The second-order valence-electron chi connectivity index (χ2n) is 5.98. The molecule has 2 N–H and O–H groups in total. The van der Waals surface area contributed by atoms with Crippen LogP contribution in [0.15, 0.2) is 60.9 Å². The molecule has 0 saturated carbocycles. The van der Waals surface area contributed by atoms with Gasteiger partial charge in [0, 0.05) is 24.0 Å². The van der Waals surface area contributed by atoms with Crippen LogP contribution >= 0.6 is 11.6 Å². The Labute approximate surface area is 168 Å². The van der Waals surface area contributed by atoms with E-state index in [4.69, 9.17) is 16.3 Å². The van der Waals surface area contributed by atoms with Crippen LogP contribution in [0.4, 0.5) is 11.6 Å². The van der Waals surface area contributed by atoms with Crippen LogP contribution in [0.2, 0.25) is 5.02 Å². The first kappa shape index (κ1) is 19.6. The zero-order valence-electron chi connectivity index (χ0n) is 15.5. The van der Waals surface area contributed by atoms with Crippen LogP contribution < -0.4 is 15.4 Å². The topological polar surface area (TPSA) is 76.1 Å². The highest BCUT2D eigenvalue weighted by molar-refractivity contribution is 6.30. The number of rotatable bonds is 8. The van der Waals surface area contributed by atoms with E-state index in [1.807, 2.05) is 49.4 Å². The predicted molar refractivity (Wildman–Crippen MR) is 111 cm³/mol. The number of ether oxygens (including phenoxy) is 1. The second kappa shape index (κ2) is 9.71. The van der Waals surface area contributed by atoms with Gasteiger partial charge in [-0.3, -0.25) is 4.79 Å². The van der Waals surface area contributed by atoms with Crippen molar-refractivity contribution >= 4 is 29.1 Å². The van der Waals surface area contributed by atoms with E-state index in [2.05, 4.69) is 20.6 Å².